The van der Waals surface area contributed by atoms with Gasteiger partial charge in [0.2, 0.25) is 0 Å². The van der Waals surface area contributed by atoms with Crippen molar-refractivity contribution in [1.82, 2.24) is 0 Å². The first kappa shape index (κ1) is 12.7. The van der Waals surface area contributed by atoms with Crippen molar-refractivity contribution >= 4 is 11.6 Å². The van der Waals surface area contributed by atoms with Gasteiger partial charge in [0.1, 0.15) is 11.4 Å². The molecule has 0 unspecified atom stereocenters. The van der Waals surface area contributed by atoms with Crippen molar-refractivity contribution < 1.29 is 9.53 Å². The molecule has 1 aliphatic rings. The Hall–Kier alpha value is -2.29. The van der Waals surface area contributed by atoms with Crippen molar-refractivity contribution in [2.75, 3.05) is 11.4 Å². The van der Waals surface area contributed by atoms with Gasteiger partial charge in [0, 0.05) is 5.56 Å². The maximum absolute atomic E-state index is 12.7. The molecular formula is C17H17NO2. The molecule has 20 heavy (non-hydrogen) atoms. The first-order valence-corrected chi connectivity index (χ1v) is 6.72. The summed E-state index contributed by atoms with van der Waals surface area (Å²) in [7, 11) is 0. The number of hydrogen-bond donors (Lipinski definition) is 0. The van der Waals surface area contributed by atoms with Crippen LogP contribution in [0.4, 0.5) is 5.69 Å². The van der Waals surface area contributed by atoms with Gasteiger partial charge in [-0.05, 0) is 38.1 Å². The van der Waals surface area contributed by atoms with Gasteiger partial charge in [-0.1, -0.05) is 30.3 Å². The number of ether oxygens (including phenoxy) is 1. The lowest BCUT2D eigenvalue weighted by Crippen LogP contribution is -2.49. The maximum atomic E-state index is 12.7. The summed E-state index contributed by atoms with van der Waals surface area (Å²) in [4.78, 5) is 14.5. The molecule has 0 fully saturated rings. The van der Waals surface area contributed by atoms with Crippen LogP contribution in [0.15, 0.2) is 54.6 Å². The summed E-state index contributed by atoms with van der Waals surface area (Å²) in [6, 6.07) is 17.0. The highest BCUT2D eigenvalue weighted by molar-refractivity contribution is 6.07. The van der Waals surface area contributed by atoms with Crippen LogP contribution < -0.4 is 9.64 Å². The zero-order valence-electron chi connectivity index (χ0n) is 11.7. The minimum atomic E-state index is -0.390. The minimum Gasteiger partial charge on any atom is -0.484 e. The van der Waals surface area contributed by atoms with Crippen molar-refractivity contribution in [1.29, 1.82) is 0 Å². The SMILES string of the molecule is CC1(C)CN(C(=O)c2ccccc2)c2ccccc2O1. The van der Waals surface area contributed by atoms with Crippen LogP contribution in [0.25, 0.3) is 0 Å². The molecule has 1 amide bonds. The number of benzene rings is 2. The molecule has 0 spiro atoms. The van der Waals surface area contributed by atoms with Gasteiger partial charge in [-0.15, -0.1) is 0 Å². The fourth-order valence-electron chi connectivity index (χ4n) is 2.48. The number of nitrogens with zero attached hydrogens (tertiary/aromatic N) is 1. The van der Waals surface area contributed by atoms with Crippen LogP contribution >= 0.6 is 0 Å². The number of fused-ring (bicyclic) bond motifs is 1. The Morgan fingerprint density at radius 1 is 1.05 bits per heavy atom. The molecular weight excluding hydrogens is 250 g/mol. The molecule has 0 N–H and O–H groups in total. The van der Waals surface area contributed by atoms with Crippen LogP contribution in [0, 0.1) is 0 Å². The van der Waals surface area contributed by atoms with Crippen molar-refractivity contribution in [3.63, 3.8) is 0 Å². The summed E-state index contributed by atoms with van der Waals surface area (Å²) >= 11 is 0. The van der Waals surface area contributed by atoms with Gasteiger partial charge in [-0.2, -0.15) is 0 Å². The molecule has 1 aliphatic heterocycles. The van der Waals surface area contributed by atoms with E-state index < -0.39 is 5.60 Å². The Balaban J connectivity index is 2.03. The molecule has 2 aromatic carbocycles. The highest BCUT2D eigenvalue weighted by Crippen LogP contribution is 2.37. The zero-order chi connectivity index (χ0) is 14.2. The van der Waals surface area contributed by atoms with Crippen molar-refractivity contribution in [3.05, 3.63) is 60.2 Å². The smallest absolute Gasteiger partial charge is 0.258 e. The van der Waals surface area contributed by atoms with Crippen LogP contribution in [-0.4, -0.2) is 18.1 Å². The van der Waals surface area contributed by atoms with Crippen LogP contribution in [0.3, 0.4) is 0 Å². The van der Waals surface area contributed by atoms with E-state index in [-0.39, 0.29) is 5.91 Å². The highest BCUT2D eigenvalue weighted by atomic mass is 16.5. The molecule has 0 saturated heterocycles. The quantitative estimate of drug-likeness (QED) is 0.791. The van der Waals surface area contributed by atoms with Crippen molar-refractivity contribution in [2.24, 2.45) is 0 Å². The van der Waals surface area contributed by atoms with E-state index in [1.54, 1.807) is 4.90 Å². The summed E-state index contributed by atoms with van der Waals surface area (Å²) in [5.74, 6) is 0.766. The van der Waals surface area contributed by atoms with Crippen molar-refractivity contribution in [2.45, 2.75) is 19.4 Å². The Kier molecular flexibility index (Phi) is 2.97. The molecule has 3 rings (SSSR count). The average Bonchev–Trinajstić information content (AvgIpc) is 2.45. The van der Waals surface area contributed by atoms with E-state index in [2.05, 4.69) is 0 Å². The lowest BCUT2D eigenvalue weighted by molar-refractivity contribution is 0.0837. The van der Waals surface area contributed by atoms with Crippen LogP contribution in [-0.2, 0) is 0 Å². The largest absolute Gasteiger partial charge is 0.484 e. The predicted molar refractivity (Wildman–Crippen MR) is 79.3 cm³/mol. The summed E-state index contributed by atoms with van der Waals surface area (Å²) in [6.07, 6.45) is 0. The molecule has 2 aromatic rings. The third kappa shape index (κ3) is 2.27. The van der Waals surface area contributed by atoms with Gasteiger partial charge in [-0.3, -0.25) is 4.79 Å². The van der Waals surface area contributed by atoms with E-state index in [4.69, 9.17) is 4.74 Å². The van der Waals surface area contributed by atoms with Crippen LogP contribution in [0.2, 0.25) is 0 Å². The zero-order valence-corrected chi connectivity index (χ0v) is 11.7. The van der Waals surface area contributed by atoms with E-state index in [0.29, 0.717) is 12.1 Å². The number of anilines is 1. The monoisotopic (exact) mass is 267 g/mol. The van der Waals surface area contributed by atoms with E-state index in [0.717, 1.165) is 11.4 Å². The Labute approximate surface area is 118 Å². The predicted octanol–water partition coefficient (Wildman–Crippen LogP) is 3.50. The van der Waals surface area contributed by atoms with Gasteiger partial charge in [-0.25, -0.2) is 0 Å². The summed E-state index contributed by atoms with van der Waals surface area (Å²) in [5, 5.41) is 0. The first-order chi connectivity index (χ1) is 9.57. The Bertz CT molecular complexity index is 634. The number of amides is 1. The second-order valence-corrected chi connectivity index (χ2v) is 5.59. The standard InChI is InChI=1S/C17H17NO2/c1-17(2)12-18(14-10-6-7-11-15(14)20-17)16(19)13-8-4-3-5-9-13/h3-11H,12H2,1-2H3. The number of carbonyl (C=O) groups excluding carboxylic acids is 1. The summed E-state index contributed by atoms with van der Waals surface area (Å²) < 4.78 is 5.94. The molecule has 0 aromatic heterocycles. The van der Waals surface area contributed by atoms with Gasteiger partial charge in [0.25, 0.3) is 5.91 Å². The second kappa shape index (κ2) is 4.67. The van der Waals surface area contributed by atoms with Gasteiger partial charge < -0.3 is 9.64 Å². The molecule has 3 nitrogen and oxygen atoms in total. The number of rotatable bonds is 1. The number of carbonyl (C=O) groups is 1. The Morgan fingerprint density at radius 2 is 1.70 bits per heavy atom. The highest BCUT2D eigenvalue weighted by Gasteiger charge is 2.34. The van der Waals surface area contributed by atoms with E-state index in [1.165, 1.54) is 0 Å². The third-order valence-electron chi connectivity index (χ3n) is 3.35. The number of para-hydroxylation sites is 2. The lowest BCUT2D eigenvalue weighted by Gasteiger charge is -2.39. The molecule has 0 saturated carbocycles. The maximum Gasteiger partial charge on any atom is 0.258 e. The Morgan fingerprint density at radius 3 is 2.45 bits per heavy atom. The van der Waals surface area contributed by atoms with Crippen LogP contribution in [0.5, 0.6) is 5.75 Å². The fourth-order valence-corrected chi connectivity index (χ4v) is 2.48. The van der Waals surface area contributed by atoms with E-state index in [9.17, 15) is 4.79 Å². The molecule has 0 bridgehead atoms. The van der Waals surface area contributed by atoms with E-state index >= 15 is 0 Å². The summed E-state index contributed by atoms with van der Waals surface area (Å²) in [5.41, 5.74) is 1.14. The molecule has 1 heterocycles. The molecule has 0 aliphatic carbocycles. The topological polar surface area (TPSA) is 29.5 Å². The lowest BCUT2D eigenvalue weighted by atomic mass is 10.0. The average molecular weight is 267 g/mol. The normalized spacial score (nSPS) is 16.2. The fraction of sp³-hybridized carbons (Fsp3) is 0.235. The first-order valence-electron chi connectivity index (χ1n) is 6.72. The molecule has 0 radical (unpaired) electrons. The van der Waals surface area contributed by atoms with Gasteiger partial charge in [0.05, 0.1) is 12.2 Å². The molecule has 102 valence electrons. The van der Waals surface area contributed by atoms with Crippen molar-refractivity contribution in [3.8, 4) is 5.75 Å². The second-order valence-electron chi connectivity index (χ2n) is 5.59. The van der Waals surface area contributed by atoms with Gasteiger partial charge >= 0.3 is 0 Å². The summed E-state index contributed by atoms with van der Waals surface area (Å²) in [6.45, 7) is 4.53. The minimum absolute atomic E-state index is 0.00873. The number of hydrogen-bond acceptors (Lipinski definition) is 2. The molecule has 3 heteroatoms. The van der Waals surface area contributed by atoms with Crippen LogP contribution in [0.1, 0.15) is 24.2 Å². The van der Waals surface area contributed by atoms with E-state index in [1.807, 2.05) is 68.4 Å². The molecule has 0 atom stereocenters. The van der Waals surface area contributed by atoms with Gasteiger partial charge in [0.15, 0.2) is 0 Å². The third-order valence-corrected chi connectivity index (χ3v) is 3.35.